The number of rotatable bonds is 3. The summed E-state index contributed by atoms with van der Waals surface area (Å²) in [6, 6.07) is 24.0. The van der Waals surface area contributed by atoms with Gasteiger partial charge in [-0.1, -0.05) is 85.8 Å². The SMILES string of the molecule is CC(C)c1ccc(C2C3=C(N=c4sc(=Cc5cccc(O)c5)c(=O)n42)c2ccccc2CC3)cc1. The fourth-order valence-electron chi connectivity index (χ4n) is 5.15. The van der Waals surface area contributed by atoms with Gasteiger partial charge in [-0.05, 0) is 64.8 Å². The van der Waals surface area contributed by atoms with Gasteiger partial charge in [-0.15, -0.1) is 0 Å². The zero-order chi connectivity index (χ0) is 24.1. The van der Waals surface area contributed by atoms with E-state index in [1.807, 2.05) is 16.7 Å². The van der Waals surface area contributed by atoms with E-state index >= 15 is 0 Å². The van der Waals surface area contributed by atoms with Gasteiger partial charge in [0.25, 0.3) is 5.56 Å². The highest BCUT2D eigenvalue weighted by molar-refractivity contribution is 7.07. The number of allylic oxidation sites excluding steroid dienone is 1. The van der Waals surface area contributed by atoms with Crippen LogP contribution in [0.25, 0.3) is 11.8 Å². The van der Waals surface area contributed by atoms with Crippen molar-refractivity contribution in [1.29, 1.82) is 0 Å². The summed E-state index contributed by atoms with van der Waals surface area (Å²) in [7, 11) is 0. The molecule has 4 nitrogen and oxygen atoms in total. The minimum atomic E-state index is -0.179. The van der Waals surface area contributed by atoms with E-state index in [2.05, 4.69) is 62.4 Å². The molecule has 0 amide bonds. The second kappa shape index (κ2) is 8.51. The number of benzene rings is 3. The summed E-state index contributed by atoms with van der Waals surface area (Å²) in [4.78, 5) is 19.6. The second-order valence-electron chi connectivity index (χ2n) is 9.53. The van der Waals surface area contributed by atoms with Crippen LogP contribution in [0.3, 0.4) is 0 Å². The fourth-order valence-corrected chi connectivity index (χ4v) is 6.15. The van der Waals surface area contributed by atoms with Gasteiger partial charge in [-0.2, -0.15) is 0 Å². The van der Waals surface area contributed by atoms with Crippen LogP contribution in [-0.4, -0.2) is 9.67 Å². The summed E-state index contributed by atoms with van der Waals surface area (Å²) in [6.45, 7) is 4.39. The van der Waals surface area contributed by atoms with Crippen molar-refractivity contribution >= 4 is 23.1 Å². The van der Waals surface area contributed by atoms with E-state index in [4.69, 9.17) is 4.99 Å². The molecule has 0 radical (unpaired) electrons. The Kier molecular flexibility index (Phi) is 5.30. The van der Waals surface area contributed by atoms with Crippen LogP contribution in [0.1, 0.15) is 60.0 Å². The highest BCUT2D eigenvalue weighted by atomic mass is 32.1. The maximum Gasteiger partial charge on any atom is 0.271 e. The molecule has 0 saturated carbocycles. The van der Waals surface area contributed by atoms with Crippen LogP contribution in [0, 0.1) is 0 Å². The molecule has 1 aliphatic carbocycles. The summed E-state index contributed by atoms with van der Waals surface area (Å²) in [5.41, 5.74) is 7.84. The lowest BCUT2D eigenvalue weighted by Crippen LogP contribution is -2.38. The third-order valence-electron chi connectivity index (χ3n) is 6.96. The molecule has 1 N–H and O–H groups in total. The summed E-state index contributed by atoms with van der Waals surface area (Å²) in [6.07, 6.45) is 3.67. The summed E-state index contributed by atoms with van der Waals surface area (Å²) in [5.74, 6) is 0.631. The number of hydrogen-bond acceptors (Lipinski definition) is 4. The van der Waals surface area contributed by atoms with Crippen LogP contribution in [-0.2, 0) is 6.42 Å². The van der Waals surface area contributed by atoms with Crippen LogP contribution < -0.4 is 14.9 Å². The molecule has 1 unspecified atom stereocenters. The lowest BCUT2D eigenvalue weighted by atomic mass is 9.83. The van der Waals surface area contributed by atoms with E-state index in [9.17, 15) is 9.90 Å². The maximum absolute atomic E-state index is 13.8. The molecule has 0 bridgehead atoms. The third-order valence-corrected chi connectivity index (χ3v) is 7.94. The van der Waals surface area contributed by atoms with E-state index in [1.165, 1.54) is 33.6 Å². The molecule has 6 rings (SSSR count). The number of thiazole rings is 1. The van der Waals surface area contributed by atoms with Gasteiger partial charge in [0.2, 0.25) is 0 Å². The first kappa shape index (κ1) is 21.8. The Morgan fingerprint density at radius 3 is 2.60 bits per heavy atom. The maximum atomic E-state index is 13.8. The average Bonchev–Trinajstić information content (AvgIpc) is 3.17. The van der Waals surface area contributed by atoms with Gasteiger partial charge < -0.3 is 5.11 Å². The number of aryl methyl sites for hydroxylation is 1. The van der Waals surface area contributed by atoms with E-state index in [0.717, 1.165) is 34.5 Å². The zero-order valence-electron chi connectivity index (χ0n) is 19.7. The number of phenolic OH excluding ortho intramolecular Hbond substituents is 1. The minimum absolute atomic E-state index is 0.0413. The predicted octanol–water partition coefficient (Wildman–Crippen LogP) is 5.15. The molecule has 4 aromatic rings. The summed E-state index contributed by atoms with van der Waals surface area (Å²) >= 11 is 1.41. The van der Waals surface area contributed by atoms with Crippen molar-refractivity contribution in [2.24, 2.45) is 4.99 Å². The Hall–Kier alpha value is -3.70. The lowest BCUT2D eigenvalue weighted by Gasteiger charge is -2.31. The first-order valence-electron chi connectivity index (χ1n) is 12.0. The van der Waals surface area contributed by atoms with Crippen molar-refractivity contribution in [2.75, 3.05) is 0 Å². The molecule has 2 heterocycles. The van der Waals surface area contributed by atoms with Crippen molar-refractivity contribution < 1.29 is 5.11 Å². The highest BCUT2D eigenvalue weighted by Gasteiger charge is 2.32. The van der Waals surface area contributed by atoms with E-state index < -0.39 is 0 Å². The normalized spacial score (nSPS) is 17.1. The lowest BCUT2D eigenvalue weighted by molar-refractivity contribution is 0.475. The van der Waals surface area contributed by atoms with Gasteiger partial charge in [0.1, 0.15) is 5.75 Å². The smallest absolute Gasteiger partial charge is 0.271 e. The molecule has 2 aliphatic rings. The van der Waals surface area contributed by atoms with Gasteiger partial charge in [0, 0.05) is 5.56 Å². The minimum Gasteiger partial charge on any atom is -0.508 e. The van der Waals surface area contributed by atoms with E-state index in [-0.39, 0.29) is 17.4 Å². The van der Waals surface area contributed by atoms with E-state index in [1.54, 1.807) is 18.2 Å². The Balaban J connectivity index is 1.60. The number of nitrogens with zero attached hydrogens (tertiary/aromatic N) is 2. The van der Waals surface area contributed by atoms with Crippen molar-refractivity contribution in [3.63, 3.8) is 0 Å². The summed E-state index contributed by atoms with van der Waals surface area (Å²) < 4.78 is 2.49. The van der Waals surface area contributed by atoms with Crippen molar-refractivity contribution in [1.82, 2.24) is 4.57 Å². The number of fused-ring (bicyclic) bond motifs is 3. The standard InChI is InChI=1S/C30H26N2O2S/c1-18(2)20-10-12-22(13-11-20)28-25-15-14-21-7-3-4-9-24(21)27(25)31-30-32(28)29(34)26(35-30)17-19-6-5-8-23(33)16-19/h3-13,16-18,28,33H,14-15H2,1-2H3. The topological polar surface area (TPSA) is 54.6 Å². The molecule has 0 saturated heterocycles. The zero-order valence-corrected chi connectivity index (χ0v) is 20.5. The highest BCUT2D eigenvalue weighted by Crippen LogP contribution is 2.41. The Bertz CT molecular complexity index is 1660. The van der Waals surface area contributed by atoms with Crippen molar-refractivity contribution in [3.8, 4) is 5.75 Å². The molecule has 174 valence electrons. The van der Waals surface area contributed by atoms with Crippen molar-refractivity contribution in [3.05, 3.63) is 126 Å². The monoisotopic (exact) mass is 478 g/mol. The van der Waals surface area contributed by atoms with Gasteiger partial charge in [-0.3, -0.25) is 9.36 Å². The fraction of sp³-hybridized carbons (Fsp3) is 0.200. The van der Waals surface area contributed by atoms with Gasteiger partial charge in [0.15, 0.2) is 4.80 Å². The molecule has 1 atom stereocenters. The molecule has 35 heavy (non-hydrogen) atoms. The van der Waals surface area contributed by atoms with Gasteiger partial charge in [0.05, 0.1) is 16.3 Å². The van der Waals surface area contributed by atoms with Crippen LogP contribution in [0.5, 0.6) is 5.75 Å². The van der Waals surface area contributed by atoms with Crippen LogP contribution in [0.15, 0.2) is 88.2 Å². The first-order valence-corrected chi connectivity index (χ1v) is 12.8. The van der Waals surface area contributed by atoms with Crippen molar-refractivity contribution in [2.45, 2.75) is 38.6 Å². The predicted molar refractivity (Wildman–Crippen MR) is 141 cm³/mol. The van der Waals surface area contributed by atoms with Gasteiger partial charge >= 0.3 is 0 Å². The molecular formula is C30H26N2O2S. The molecule has 0 spiro atoms. The van der Waals surface area contributed by atoms with Crippen LogP contribution in [0.2, 0.25) is 0 Å². The third kappa shape index (κ3) is 3.76. The Morgan fingerprint density at radius 2 is 1.83 bits per heavy atom. The van der Waals surface area contributed by atoms with Gasteiger partial charge in [-0.25, -0.2) is 4.99 Å². The number of phenols is 1. The molecule has 3 aromatic carbocycles. The first-order chi connectivity index (χ1) is 17.0. The molecule has 0 fully saturated rings. The second-order valence-corrected chi connectivity index (χ2v) is 10.5. The molecule has 1 aromatic heterocycles. The average molecular weight is 479 g/mol. The summed E-state index contributed by atoms with van der Waals surface area (Å²) in [5, 5.41) is 9.88. The molecular weight excluding hydrogens is 452 g/mol. The quantitative estimate of drug-likeness (QED) is 0.443. The molecule has 5 heteroatoms. The largest absolute Gasteiger partial charge is 0.508 e. The van der Waals surface area contributed by atoms with Crippen LogP contribution >= 0.6 is 11.3 Å². The number of hydrogen-bond donors (Lipinski definition) is 1. The Labute approximate surface area is 207 Å². The van der Waals surface area contributed by atoms with Crippen LogP contribution in [0.4, 0.5) is 0 Å². The molecule has 1 aliphatic heterocycles. The number of aromatic nitrogens is 1. The number of aromatic hydroxyl groups is 1. The Morgan fingerprint density at radius 1 is 1.03 bits per heavy atom. The van der Waals surface area contributed by atoms with E-state index in [0.29, 0.717) is 10.5 Å².